The lowest BCUT2D eigenvalue weighted by molar-refractivity contribution is -0.134. The van der Waals surface area contributed by atoms with E-state index in [4.69, 9.17) is 22.9 Å². The van der Waals surface area contributed by atoms with Crippen LogP contribution < -0.4 is 44.2 Å². The number of hydrogen-bond acceptors (Lipinski definition) is 9. The van der Waals surface area contributed by atoms with Gasteiger partial charge in [-0.05, 0) is 77.9 Å². The minimum Gasteiger partial charge on any atom is -0.370 e. The van der Waals surface area contributed by atoms with E-state index in [-0.39, 0.29) is 59.5 Å². The van der Waals surface area contributed by atoms with E-state index in [1.165, 1.54) is 0 Å². The Bertz CT molecular complexity index is 3120. The molecule has 0 radical (unpaired) electrons. The number of carbonyl (C=O) groups excluding carboxylic acids is 4. The summed E-state index contributed by atoms with van der Waals surface area (Å²) in [6.07, 6.45) is 4.89. The number of fused-ring (bicyclic) bond motifs is 1. The molecule has 2 saturated heterocycles. The van der Waals surface area contributed by atoms with Crippen molar-refractivity contribution < 1.29 is 19.2 Å². The van der Waals surface area contributed by atoms with Crippen LogP contribution in [-0.4, -0.2) is 126 Å². The highest BCUT2D eigenvalue weighted by Gasteiger charge is 2.37. The van der Waals surface area contributed by atoms with Crippen molar-refractivity contribution in [3.8, 4) is 0 Å². The van der Waals surface area contributed by atoms with Gasteiger partial charge in [0.05, 0.1) is 12.1 Å². The first-order valence-corrected chi connectivity index (χ1v) is 28.3. The number of rotatable bonds is 21. The SMILES string of the molecule is CCC(N=C(N)N)[C@@H]1N[C@H](CNC(=O)c2ccccc2)CCN(CC(c2ccccc2)c2ccccc2)C1=O.NC(N)=NCCC[C@@H]1N[C@H](CNC(=O)c2cc3ccccc3cn2)CCN(CC(c2ccccc2)c2ccccc2)C1=O. The quantitative estimate of drug-likeness (QED) is 0.0226. The van der Waals surface area contributed by atoms with Gasteiger partial charge in [0.15, 0.2) is 11.9 Å². The van der Waals surface area contributed by atoms with Crippen LogP contribution in [0, 0.1) is 0 Å². The second kappa shape index (κ2) is 30.0. The number of nitrogens with zero attached hydrogens (tertiary/aromatic N) is 5. The van der Waals surface area contributed by atoms with Crippen molar-refractivity contribution in [2.45, 2.75) is 81.1 Å². The summed E-state index contributed by atoms with van der Waals surface area (Å²) in [5.41, 5.74) is 28.1. The van der Waals surface area contributed by atoms with Crippen molar-refractivity contribution in [2.75, 3.05) is 45.8 Å². The summed E-state index contributed by atoms with van der Waals surface area (Å²) < 4.78 is 0. The highest BCUT2D eigenvalue weighted by Crippen LogP contribution is 2.29. The zero-order chi connectivity index (χ0) is 57.6. The van der Waals surface area contributed by atoms with E-state index in [1.807, 2.05) is 132 Å². The fraction of sp³-hybridized carbons (Fsp3) is 0.308. The van der Waals surface area contributed by atoms with Crippen LogP contribution in [0.2, 0.25) is 0 Å². The van der Waals surface area contributed by atoms with Gasteiger partial charge in [-0.2, -0.15) is 0 Å². The van der Waals surface area contributed by atoms with Gasteiger partial charge < -0.3 is 48.7 Å². The molecular weight excluding hydrogens is 1030 g/mol. The maximum absolute atomic E-state index is 14.1. The predicted molar refractivity (Wildman–Crippen MR) is 326 cm³/mol. The van der Waals surface area contributed by atoms with Gasteiger partial charge in [0.25, 0.3) is 11.8 Å². The molecule has 4 amide bonds. The summed E-state index contributed by atoms with van der Waals surface area (Å²) in [6, 6.07) is 58.1. The van der Waals surface area contributed by atoms with Crippen molar-refractivity contribution in [1.82, 2.24) is 36.1 Å². The minimum atomic E-state index is -0.620. The Balaban J connectivity index is 0.000000216. The van der Waals surface area contributed by atoms with E-state index in [0.717, 1.165) is 33.0 Å². The molecule has 17 heteroatoms. The molecule has 0 saturated carbocycles. The van der Waals surface area contributed by atoms with Crippen molar-refractivity contribution in [2.24, 2.45) is 32.9 Å². The lowest BCUT2D eigenvalue weighted by atomic mass is 9.90. The van der Waals surface area contributed by atoms with Crippen LogP contribution in [-0.2, 0) is 9.59 Å². The molecule has 426 valence electrons. The van der Waals surface area contributed by atoms with E-state index in [9.17, 15) is 19.2 Å². The maximum atomic E-state index is 14.1. The Morgan fingerprint density at radius 1 is 0.598 bits per heavy atom. The summed E-state index contributed by atoms with van der Waals surface area (Å²) in [6.45, 7) is 5.35. The lowest BCUT2D eigenvalue weighted by Gasteiger charge is -2.31. The first kappa shape index (κ1) is 59.2. The normalized spacial score (nSPS) is 17.6. The molecule has 3 heterocycles. The van der Waals surface area contributed by atoms with E-state index in [2.05, 4.69) is 84.8 Å². The van der Waals surface area contributed by atoms with Crippen molar-refractivity contribution in [1.29, 1.82) is 0 Å². The van der Waals surface area contributed by atoms with Crippen LogP contribution in [0.1, 0.15) is 94.0 Å². The number of nitrogens with two attached hydrogens (primary N) is 4. The molecule has 12 N–H and O–H groups in total. The fourth-order valence-corrected chi connectivity index (χ4v) is 10.8. The van der Waals surface area contributed by atoms with Gasteiger partial charge in [-0.3, -0.25) is 34.5 Å². The van der Waals surface area contributed by atoms with Crippen LogP contribution in [0.3, 0.4) is 0 Å². The van der Waals surface area contributed by atoms with Gasteiger partial charge >= 0.3 is 0 Å². The highest BCUT2D eigenvalue weighted by atomic mass is 16.2. The summed E-state index contributed by atoms with van der Waals surface area (Å²) >= 11 is 0. The molecule has 17 nitrogen and oxygen atoms in total. The molecule has 1 aromatic heterocycles. The average Bonchev–Trinajstić information content (AvgIpc) is 3.88. The predicted octanol–water partition coefficient (Wildman–Crippen LogP) is 6.27. The van der Waals surface area contributed by atoms with Gasteiger partial charge in [0.1, 0.15) is 11.7 Å². The fourth-order valence-electron chi connectivity index (χ4n) is 10.8. The topological polar surface area (TPSA) is 265 Å². The molecule has 0 spiro atoms. The first-order valence-electron chi connectivity index (χ1n) is 28.3. The largest absolute Gasteiger partial charge is 0.370 e. The molecular formula is C65H77N13O4. The number of benzene rings is 6. The molecule has 0 bridgehead atoms. The third-order valence-corrected chi connectivity index (χ3v) is 15.1. The van der Waals surface area contributed by atoms with E-state index >= 15 is 0 Å². The number of pyridine rings is 1. The zero-order valence-corrected chi connectivity index (χ0v) is 46.6. The number of aliphatic imine (C=N–C) groups is 2. The Hall–Kier alpha value is -8.93. The molecule has 5 atom stereocenters. The van der Waals surface area contributed by atoms with Gasteiger partial charge in [0.2, 0.25) is 11.8 Å². The number of nitrogens with one attached hydrogen (secondary N) is 4. The second-order valence-electron chi connectivity index (χ2n) is 20.8. The Morgan fingerprint density at radius 2 is 1.06 bits per heavy atom. The standard InChI is InChI=1S/C34H39N7O2.C31H38N6O2/c35-34(36)37-18-9-16-30-33(43)41(23-29(24-10-3-1-4-11-24)25-12-5-2-6-13-25)19-17-28(40-30)22-39-32(42)31-20-26-14-7-8-15-27(26)21-38-31;1-2-27(36-31(32)33)28-30(39)37(19-18-25(35-28)20-34-29(38)24-16-10-5-11-17-24)21-26(22-12-6-3-7-13-22)23-14-8-4-9-15-23/h1-8,10-15,20-21,28-30,40H,9,16-19,22-23H2,(H,39,42)(H4,35,36,37);3-17,25-28,35H,2,18-21H2,1H3,(H,34,38)(H4,32,33,36)/t28-,30-;25-,27?,28-/m00/s1. The summed E-state index contributed by atoms with van der Waals surface area (Å²) in [5, 5.41) is 15.0. The van der Waals surface area contributed by atoms with E-state index < -0.39 is 18.1 Å². The van der Waals surface area contributed by atoms with Crippen LogP contribution >= 0.6 is 0 Å². The van der Waals surface area contributed by atoms with Crippen LogP contribution in [0.25, 0.3) is 10.8 Å². The number of hydrogen-bond donors (Lipinski definition) is 8. The van der Waals surface area contributed by atoms with Crippen molar-refractivity contribution in [3.05, 3.63) is 222 Å². The van der Waals surface area contributed by atoms with E-state index in [1.54, 1.807) is 24.4 Å². The summed E-state index contributed by atoms with van der Waals surface area (Å²) in [7, 11) is 0. The van der Waals surface area contributed by atoms with Crippen molar-refractivity contribution >= 4 is 46.3 Å². The zero-order valence-electron chi connectivity index (χ0n) is 46.6. The second-order valence-corrected chi connectivity index (χ2v) is 20.8. The number of aromatic nitrogens is 1. The van der Waals surface area contributed by atoms with Crippen molar-refractivity contribution in [3.63, 3.8) is 0 Å². The molecule has 2 aliphatic rings. The maximum Gasteiger partial charge on any atom is 0.269 e. The minimum absolute atomic E-state index is 0.00879. The lowest BCUT2D eigenvalue weighted by Crippen LogP contribution is -2.54. The first-order chi connectivity index (χ1) is 39.9. The number of guanidine groups is 2. The Labute approximate surface area is 481 Å². The average molecular weight is 1100 g/mol. The molecule has 6 aromatic carbocycles. The van der Waals surface area contributed by atoms with Gasteiger partial charge in [-0.15, -0.1) is 0 Å². The van der Waals surface area contributed by atoms with E-state index in [0.29, 0.717) is 89.2 Å². The smallest absolute Gasteiger partial charge is 0.269 e. The third-order valence-electron chi connectivity index (χ3n) is 15.1. The third kappa shape index (κ3) is 16.8. The molecule has 82 heavy (non-hydrogen) atoms. The molecule has 0 aliphatic carbocycles. The molecule has 9 rings (SSSR count). The molecule has 2 fully saturated rings. The van der Waals surface area contributed by atoms with Gasteiger partial charge in [0, 0.05) is 86.9 Å². The molecule has 2 aliphatic heterocycles. The Kier molecular flexibility index (Phi) is 21.7. The summed E-state index contributed by atoms with van der Waals surface area (Å²) in [4.78, 5) is 70.5. The Morgan fingerprint density at radius 3 is 1.56 bits per heavy atom. The van der Waals surface area contributed by atoms with Crippen LogP contribution in [0.5, 0.6) is 0 Å². The highest BCUT2D eigenvalue weighted by molar-refractivity contribution is 5.96. The van der Waals surface area contributed by atoms with Crippen LogP contribution in [0.15, 0.2) is 198 Å². The molecule has 1 unspecified atom stereocenters. The summed E-state index contributed by atoms with van der Waals surface area (Å²) in [5.74, 6) is -0.347. The number of carbonyl (C=O) groups is 4. The van der Waals surface area contributed by atoms with Gasteiger partial charge in [-0.1, -0.05) is 171 Å². The molecule has 7 aromatic rings. The monoisotopic (exact) mass is 1100 g/mol. The van der Waals surface area contributed by atoms with Crippen LogP contribution in [0.4, 0.5) is 0 Å². The number of amides is 4. The van der Waals surface area contributed by atoms with Gasteiger partial charge in [-0.25, -0.2) is 4.99 Å².